The van der Waals surface area contributed by atoms with E-state index in [1.54, 1.807) is 48.5 Å². The summed E-state index contributed by atoms with van der Waals surface area (Å²) in [6.07, 6.45) is 0. The van der Waals surface area contributed by atoms with Crippen LogP contribution in [-0.4, -0.2) is 24.1 Å². The molecule has 0 aliphatic rings. The molecule has 0 spiro atoms. The fraction of sp³-hybridized carbons (Fsp3) is 0.0714. The van der Waals surface area contributed by atoms with Gasteiger partial charge in [0.05, 0.1) is 0 Å². The molecule has 2 aromatic carbocycles. The summed E-state index contributed by atoms with van der Waals surface area (Å²) < 4.78 is 27.4. The van der Waals surface area contributed by atoms with Crippen LogP contribution >= 0.6 is 11.8 Å². The second-order valence-corrected chi connectivity index (χ2v) is 7.09. The lowest BCUT2D eigenvalue weighted by molar-refractivity contribution is -0.134. The lowest BCUT2D eigenvalue weighted by Gasteiger charge is -2.13. The van der Waals surface area contributed by atoms with Gasteiger partial charge in [-0.05, 0) is 24.3 Å². The second-order valence-electron chi connectivity index (χ2n) is 3.99. The van der Waals surface area contributed by atoms with Crippen molar-refractivity contribution in [2.24, 2.45) is 0 Å². The molecule has 0 aliphatic heterocycles. The number of carboxylic acids is 1. The van der Waals surface area contributed by atoms with Crippen molar-refractivity contribution in [3.05, 3.63) is 60.7 Å². The molecule has 0 radical (unpaired) electrons. The van der Waals surface area contributed by atoms with Crippen LogP contribution < -0.4 is 4.18 Å². The SMILES string of the molecule is O=C(O)C(Sc1ccccc1)S(=O)(=O)Oc1ccccc1. The van der Waals surface area contributed by atoms with Gasteiger partial charge >= 0.3 is 16.1 Å². The highest BCUT2D eigenvalue weighted by atomic mass is 32.3. The van der Waals surface area contributed by atoms with Crippen molar-refractivity contribution in [2.75, 3.05) is 0 Å². The van der Waals surface area contributed by atoms with Gasteiger partial charge in [0.2, 0.25) is 4.58 Å². The number of para-hydroxylation sites is 1. The lowest BCUT2D eigenvalue weighted by atomic mass is 10.3. The van der Waals surface area contributed by atoms with Gasteiger partial charge in [0.15, 0.2) is 0 Å². The Hall–Kier alpha value is -1.99. The predicted molar refractivity (Wildman–Crippen MR) is 79.7 cm³/mol. The van der Waals surface area contributed by atoms with Gasteiger partial charge in [-0.25, -0.2) is 4.79 Å². The van der Waals surface area contributed by atoms with Gasteiger partial charge in [-0.1, -0.05) is 48.2 Å². The molecule has 5 nitrogen and oxygen atoms in total. The molecule has 0 aromatic heterocycles. The molecule has 0 fully saturated rings. The van der Waals surface area contributed by atoms with Crippen molar-refractivity contribution in [3.63, 3.8) is 0 Å². The Morgan fingerprint density at radius 3 is 2.05 bits per heavy atom. The van der Waals surface area contributed by atoms with Crippen molar-refractivity contribution in [1.29, 1.82) is 0 Å². The zero-order chi connectivity index (χ0) is 15.3. The van der Waals surface area contributed by atoms with Crippen LogP contribution in [0.1, 0.15) is 0 Å². The van der Waals surface area contributed by atoms with Crippen molar-refractivity contribution in [1.82, 2.24) is 0 Å². The number of hydrogen-bond acceptors (Lipinski definition) is 5. The maximum absolute atomic E-state index is 12.1. The quantitative estimate of drug-likeness (QED) is 0.650. The maximum Gasteiger partial charge on any atom is 0.336 e. The molecule has 0 aliphatic carbocycles. The Balaban J connectivity index is 2.23. The molecule has 7 heteroatoms. The van der Waals surface area contributed by atoms with E-state index < -0.39 is 20.7 Å². The summed E-state index contributed by atoms with van der Waals surface area (Å²) in [4.78, 5) is 11.8. The number of carboxylic acid groups (broad SMARTS) is 1. The first-order valence-electron chi connectivity index (χ1n) is 5.92. The molecule has 0 bridgehead atoms. The smallest absolute Gasteiger partial charge is 0.336 e. The number of benzene rings is 2. The standard InChI is InChI=1S/C14H12O5S2/c15-13(16)14(20-12-9-5-2-6-10-12)21(17,18)19-11-7-3-1-4-8-11/h1-10,14H,(H,15,16). The zero-order valence-corrected chi connectivity index (χ0v) is 12.4. The van der Waals surface area contributed by atoms with E-state index in [1.807, 2.05) is 0 Å². The van der Waals surface area contributed by atoms with Crippen molar-refractivity contribution in [3.8, 4) is 5.75 Å². The van der Waals surface area contributed by atoms with Crippen LogP contribution in [0, 0.1) is 0 Å². The minimum absolute atomic E-state index is 0.0809. The van der Waals surface area contributed by atoms with E-state index in [0.717, 1.165) is 0 Å². The minimum Gasteiger partial charge on any atom is -0.480 e. The monoisotopic (exact) mass is 324 g/mol. The first-order chi connectivity index (χ1) is 9.99. The molecular formula is C14H12O5S2. The molecule has 0 amide bonds. The molecule has 21 heavy (non-hydrogen) atoms. The van der Waals surface area contributed by atoms with Gasteiger partial charge < -0.3 is 9.29 Å². The first kappa shape index (κ1) is 15.4. The highest BCUT2D eigenvalue weighted by Gasteiger charge is 2.35. The van der Waals surface area contributed by atoms with Crippen LogP contribution in [0.15, 0.2) is 65.6 Å². The van der Waals surface area contributed by atoms with E-state index in [4.69, 9.17) is 9.29 Å². The van der Waals surface area contributed by atoms with Gasteiger partial charge in [0, 0.05) is 4.90 Å². The molecule has 0 saturated heterocycles. The van der Waals surface area contributed by atoms with E-state index in [-0.39, 0.29) is 5.75 Å². The Morgan fingerprint density at radius 1 is 1.00 bits per heavy atom. The molecule has 2 aromatic rings. The molecule has 0 heterocycles. The number of hydrogen-bond donors (Lipinski definition) is 1. The van der Waals surface area contributed by atoms with Crippen LogP contribution in [0.2, 0.25) is 0 Å². The van der Waals surface area contributed by atoms with Gasteiger partial charge in [-0.15, -0.1) is 0 Å². The van der Waals surface area contributed by atoms with E-state index in [9.17, 15) is 13.2 Å². The Bertz CT molecular complexity index is 699. The van der Waals surface area contributed by atoms with E-state index in [1.165, 1.54) is 12.1 Å². The third-order valence-corrected chi connectivity index (χ3v) is 5.51. The van der Waals surface area contributed by atoms with Crippen LogP contribution in [0.25, 0.3) is 0 Å². The molecule has 1 atom stereocenters. The van der Waals surface area contributed by atoms with Crippen LogP contribution in [-0.2, 0) is 14.9 Å². The fourth-order valence-electron chi connectivity index (χ4n) is 1.51. The lowest BCUT2D eigenvalue weighted by Crippen LogP contribution is -2.30. The third-order valence-electron chi connectivity index (χ3n) is 2.41. The van der Waals surface area contributed by atoms with Crippen LogP contribution in [0.4, 0.5) is 0 Å². The second kappa shape index (κ2) is 6.64. The van der Waals surface area contributed by atoms with Crippen molar-refractivity contribution in [2.45, 2.75) is 9.48 Å². The maximum atomic E-state index is 12.1. The summed E-state index contributed by atoms with van der Waals surface area (Å²) >= 11 is 0.711. The number of thioether (sulfide) groups is 1. The highest BCUT2D eigenvalue weighted by Crippen LogP contribution is 2.28. The Kier molecular flexibility index (Phi) is 4.87. The van der Waals surface area contributed by atoms with Crippen molar-refractivity contribution >= 4 is 27.8 Å². The largest absolute Gasteiger partial charge is 0.480 e. The number of carbonyl (C=O) groups is 1. The molecular weight excluding hydrogens is 312 g/mol. The Morgan fingerprint density at radius 2 is 1.52 bits per heavy atom. The fourth-order valence-corrected chi connectivity index (χ4v) is 3.81. The number of aliphatic carboxylic acids is 1. The van der Waals surface area contributed by atoms with Gasteiger partial charge in [0.25, 0.3) is 0 Å². The van der Waals surface area contributed by atoms with E-state index in [0.29, 0.717) is 16.7 Å². The summed E-state index contributed by atoms with van der Waals surface area (Å²) in [7, 11) is -4.31. The topological polar surface area (TPSA) is 80.7 Å². The first-order valence-corrected chi connectivity index (χ1v) is 8.27. The van der Waals surface area contributed by atoms with E-state index >= 15 is 0 Å². The third kappa shape index (κ3) is 4.24. The van der Waals surface area contributed by atoms with Gasteiger partial charge in [-0.3, -0.25) is 0 Å². The molecule has 0 saturated carbocycles. The summed E-state index contributed by atoms with van der Waals surface area (Å²) in [6, 6.07) is 16.2. The average molecular weight is 324 g/mol. The molecule has 110 valence electrons. The van der Waals surface area contributed by atoms with E-state index in [2.05, 4.69) is 0 Å². The summed E-state index contributed by atoms with van der Waals surface area (Å²) in [5.41, 5.74) is 0. The molecule has 1 unspecified atom stereocenters. The normalized spacial score (nSPS) is 12.6. The predicted octanol–water partition coefficient (Wildman–Crippen LogP) is 2.60. The van der Waals surface area contributed by atoms with Crippen LogP contribution in [0.3, 0.4) is 0 Å². The zero-order valence-electron chi connectivity index (χ0n) is 10.7. The molecule has 1 N–H and O–H groups in total. The van der Waals surface area contributed by atoms with Gasteiger partial charge in [-0.2, -0.15) is 8.42 Å². The van der Waals surface area contributed by atoms with Crippen molar-refractivity contribution < 1.29 is 22.5 Å². The minimum atomic E-state index is -4.31. The highest BCUT2D eigenvalue weighted by molar-refractivity contribution is 8.13. The summed E-state index contributed by atoms with van der Waals surface area (Å²) in [5, 5.41) is 9.17. The summed E-state index contributed by atoms with van der Waals surface area (Å²) in [6.45, 7) is 0. The summed E-state index contributed by atoms with van der Waals surface area (Å²) in [5.74, 6) is -1.39. The van der Waals surface area contributed by atoms with Gasteiger partial charge in [0.1, 0.15) is 5.75 Å². The number of rotatable bonds is 6. The Labute approximate surface area is 126 Å². The van der Waals surface area contributed by atoms with Crippen LogP contribution in [0.5, 0.6) is 5.75 Å². The molecule has 2 rings (SSSR count). The average Bonchev–Trinajstić information content (AvgIpc) is 2.46.